The molecule has 0 radical (unpaired) electrons. The van der Waals surface area contributed by atoms with Crippen LogP contribution in [-0.2, 0) is 9.53 Å². The summed E-state index contributed by atoms with van der Waals surface area (Å²) in [6, 6.07) is 10.5. The van der Waals surface area contributed by atoms with Gasteiger partial charge in [0.2, 0.25) is 5.78 Å². The van der Waals surface area contributed by atoms with E-state index < -0.39 is 24.3 Å². The van der Waals surface area contributed by atoms with Gasteiger partial charge in [-0.3, -0.25) is 9.59 Å². The van der Waals surface area contributed by atoms with Crippen LogP contribution in [0.25, 0.3) is 0 Å². The van der Waals surface area contributed by atoms with Crippen molar-refractivity contribution in [3.63, 3.8) is 0 Å². The zero-order chi connectivity index (χ0) is 18.4. The molecule has 2 aromatic carbocycles. The molecule has 2 N–H and O–H groups in total. The summed E-state index contributed by atoms with van der Waals surface area (Å²) in [6.07, 6.45) is 0. The monoisotopic (exact) mass is 381 g/mol. The van der Waals surface area contributed by atoms with Crippen LogP contribution in [0.5, 0.6) is 5.75 Å². The Hall–Kier alpha value is -2.57. The Bertz CT molecular complexity index is 822. The molecule has 8 heteroatoms. The summed E-state index contributed by atoms with van der Waals surface area (Å²) in [6.45, 7) is -0.895. The molecular weight excluding hydrogens is 369 g/mol. The van der Waals surface area contributed by atoms with Crippen molar-refractivity contribution in [1.29, 1.82) is 0 Å². The van der Waals surface area contributed by atoms with Crippen LogP contribution < -0.4 is 10.5 Å². The van der Waals surface area contributed by atoms with Gasteiger partial charge < -0.3 is 15.2 Å². The molecule has 0 atom stereocenters. The summed E-state index contributed by atoms with van der Waals surface area (Å²) in [4.78, 5) is 35.1. The molecule has 0 aliphatic carbocycles. The first-order chi connectivity index (χ1) is 11.9. The molecule has 6 nitrogen and oxygen atoms in total. The maximum Gasteiger partial charge on any atom is 0.342 e. The third kappa shape index (κ3) is 5.20. The molecule has 130 valence electrons. The molecule has 0 spiro atoms. The SMILES string of the molecule is NC(=O)COc1ccccc1C(=O)OCC(=O)c1ccc(Cl)cc1Cl. The van der Waals surface area contributed by atoms with Gasteiger partial charge in [0, 0.05) is 10.6 Å². The van der Waals surface area contributed by atoms with Crippen LogP contribution in [0.4, 0.5) is 0 Å². The fraction of sp³-hybridized carbons (Fsp3) is 0.118. The highest BCUT2D eigenvalue weighted by atomic mass is 35.5. The van der Waals surface area contributed by atoms with Gasteiger partial charge in [-0.1, -0.05) is 35.3 Å². The number of rotatable bonds is 7. The lowest BCUT2D eigenvalue weighted by Crippen LogP contribution is -2.21. The van der Waals surface area contributed by atoms with Gasteiger partial charge in [0.25, 0.3) is 5.91 Å². The van der Waals surface area contributed by atoms with Crippen molar-refractivity contribution >= 4 is 40.9 Å². The molecule has 0 fully saturated rings. The topological polar surface area (TPSA) is 95.7 Å². The molecule has 0 saturated carbocycles. The number of carbonyl (C=O) groups excluding carboxylic acids is 3. The molecule has 0 heterocycles. The van der Waals surface area contributed by atoms with E-state index in [0.29, 0.717) is 5.02 Å². The molecule has 0 unspecified atom stereocenters. The quantitative estimate of drug-likeness (QED) is 0.587. The van der Waals surface area contributed by atoms with Crippen molar-refractivity contribution in [1.82, 2.24) is 0 Å². The second kappa shape index (κ2) is 8.50. The van der Waals surface area contributed by atoms with Gasteiger partial charge in [0.1, 0.15) is 11.3 Å². The van der Waals surface area contributed by atoms with E-state index in [4.69, 9.17) is 38.4 Å². The number of Topliss-reactive ketones (excluding diaryl/α,β-unsaturated/α-hetero) is 1. The van der Waals surface area contributed by atoms with E-state index in [9.17, 15) is 14.4 Å². The molecule has 2 rings (SSSR count). The highest BCUT2D eigenvalue weighted by Gasteiger charge is 2.17. The van der Waals surface area contributed by atoms with Crippen molar-refractivity contribution in [3.8, 4) is 5.75 Å². The first kappa shape index (κ1) is 18.8. The Balaban J connectivity index is 2.05. The first-order valence-electron chi connectivity index (χ1n) is 7.04. The third-order valence-electron chi connectivity index (χ3n) is 3.04. The van der Waals surface area contributed by atoms with Crippen LogP contribution in [0.3, 0.4) is 0 Å². The van der Waals surface area contributed by atoms with E-state index in [-0.39, 0.29) is 28.5 Å². The molecule has 25 heavy (non-hydrogen) atoms. The molecular formula is C17H13Cl2NO5. The smallest absolute Gasteiger partial charge is 0.342 e. The Morgan fingerprint density at radius 2 is 1.68 bits per heavy atom. The van der Waals surface area contributed by atoms with Gasteiger partial charge in [0.15, 0.2) is 13.2 Å². The number of esters is 1. The van der Waals surface area contributed by atoms with E-state index in [2.05, 4.69) is 0 Å². The molecule has 1 amide bonds. The first-order valence-corrected chi connectivity index (χ1v) is 7.79. The van der Waals surface area contributed by atoms with E-state index in [1.54, 1.807) is 12.1 Å². The molecule has 0 saturated heterocycles. The van der Waals surface area contributed by atoms with Crippen molar-refractivity contribution in [2.45, 2.75) is 0 Å². The van der Waals surface area contributed by atoms with E-state index in [1.807, 2.05) is 0 Å². The second-order valence-electron chi connectivity index (χ2n) is 4.87. The maximum absolute atomic E-state index is 12.2. The van der Waals surface area contributed by atoms with Crippen molar-refractivity contribution < 1.29 is 23.9 Å². The predicted molar refractivity (Wildman–Crippen MR) is 92.2 cm³/mol. The molecule has 0 aliphatic rings. The molecule has 0 aliphatic heterocycles. The van der Waals surface area contributed by atoms with Gasteiger partial charge >= 0.3 is 5.97 Å². The number of ketones is 1. The fourth-order valence-electron chi connectivity index (χ4n) is 1.91. The standard InChI is InChI=1S/C17H13Cl2NO5/c18-10-5-6-11(13(19)7-10)14(21)8-25-17(23)12-3-1-2-4-15(12)24-9-16(20)22/h1-7H,8-9H2,(H2,20,22). The average molecular weight is 382 g/mol. The number of para-hydroxylation sites is 1. The van der Waals surface area contributed by atoms with E-state index in [0.717, 1.165) is 0 Å². The molecule has 2 aromatic rings. The predicted octanol–water partition coefficient (Wildman–Crippen LogP) is 2.90. The van der Waals surface area contributed by atoms with Gasteiger partial charge in [0.05, 0.1) is 5.02 Å². The Morgan fingerprint density at radius 1 is 0.960 bits per heavy atom. The number of halogens is 2. The summed E-state index contributed by atoms with van der Waals surface area (Å²) in [5, 5.41) is 0.554. The largest absolute Gasteiger partial charge is 0.483 e. The van der Waals surface area contributed by atoms with Gasteiger partial charge in [-0.15, -0.1) is 0 Å². The summed E-state index contributed by atoms with van der Waals surface area (Å²) in [5.74, 6) is -1.82. The van der Waals surface area contributed by atoms with Crippen LogP contribution in [0, 0.1) is 0 Å². The normalized spacial score (nSPS) is 10.2. The van der Waals surface area contributed by atoms with Crippen LogP contribution in [0.2, 0.25) is 10.0 Å². The van der Waals surface area contributed by atoms with Crippen LogP contribution >= 0.6 is 23.2 Å². The second-order valence-corrected chi connectivity index (χ2v) is 5.72. The lowest BCUT2D eigenvalue weighted by Gasteiger charge is -2.10. The summed E-state index contributed by atoms with van der Waals surface area (Å²) in [5.41, 5.74) is 5.27. The summed E-state index contributed by atoms with van der Waals surface area (Å²) >= 11 is 11.7. The highest BCUT2D eigenvalue weighted by molar-refractivity contribution is 6.36. The average Bonchev–Trinajstić information content (AvgIpc) is 2.57. The Labute approximate surface area is 153 Å². The van der Waals surface area contributed by atoms with Crippen LogP contribution in [0.1, 0.15) is 20.7 Å². The molecule has 0 bridgehead atoms. The van der Waals surface area contributed by atoms with Crippen molar-refractivity contribution in [3.05, 3.63) is 63.6 Å². The fourth-order valence-corrected chi connectivity index (χ4v) is 2.43. The minimum Gasteiger partial charge on any atom is -0.483 e. The van der Waals surface area contributed by atoms with Crippen molar-refractivity contribution in [2.75, 3.05) is 13.2 Å². The number of nitrogens with two attached hydrogens (primary N) is 1. The van der Waals surface area contributed by atoms with Gasteiger partial charge in [-0.05, 0) is 30.3 Å². The van der Waals surface area contributed by atoms with Crippen molar-refractivity contribution in [2.24, 2.45) is 5.73 Å². The lowest BCUT2D eigenvalue weighted by atomic mass is 10.1. The highest BCUT2D eigenvalue weighted by Crippen LogP contribution is 2.22. The molecule has 0 aromatic heterocycles. The number of benzene rings is 2. The van der Waals surface area contributed by atoms with Crippen LogP contribution in [0.15, 0.2) is 42.5 Å². The van der Waals surface area contributed by atoms with E-state index in [1.165, 1.54) is 30.3 Å². The summed E-state index contributed by atoms with van der Waals surface area (Å²) < 4.78 is 10.1. The Kier molecular flexibility index (Phi) is 6.38. The minimum absolute atomic E-state index is 0.0683. The summed E-state index contributed by atoms with van der Waals surface area (Å²) in [7, 11) is 0. The van der Waals surface area contributed by atoms with Crippen LogP contribution in [-0.4, -0.2) is 30.9 Å². The van der Waals surface area contributed by atoms with Gasteiger partial charge in [-0.25, -0.2) is 4.79 Å². The zero-order valence-electron chi connectivity index (χ0n) is 12.8. The zero-order valence-corrected chi connectivity index (χ0v) is 14.3. The number of hydrogen-bond donors (Lipinski definition) is 1. The Morgan fingerprint density at radius 3 is 2.36 bits per heavy atom. The maximum atomic E-state index is 12.2. The van der Waals surface area contributed by atoms with Gasteiger partial charge in [-0.2, -0.15) is 0 Å². The lowest BCUT2D eigenvalue weighted by molar-refractivity contribution is -0.119. The number of hydrogen-bond acceptors (Lipinski definition) is 5. The number of amides is 1. The number of carbonyl (C=O) groups is 3. The third-order valence-corrected chi connectivity index (χ3v) is 3.59. The number of ether oxygens (including phenoxy) is 2. The van der Waals surface area contributed by atoms with E-state index >= 15 is 0 Å². The minimum atomic E-state index is -0.779. The number of primary amides is 1.